The summed E-state index contributed by atoms with van der Waals surface area (Å²) in [5.41, 5.74) is 1.21. The van der Waals surface area contributed by atoms with Crippen LogP contribution in [0.5, 0.6) is 0 Å². The van der Waals surface area contributed by atoms with E-state index in [9.17, 15) is 9.59 Å². The number of carbonyl (C=O) groups excluding carboxylic acids is 2. The van der Waals surface area contributed by atoms with E-state index in [1.807, 2.05) is 32.0 Å². The average Bonchev–Trinajstić information content (AvgIpc) is 2.55. The summed E-state index contributed by atoms with van der Waals surface area (Å²) >= 11 is 0. The number of hydrogen-bond donors (Lipinski definition) is 2. The third-order valence-electron chi connectivity index (χ3n) is 3.94. The molecule has 0 bridgehead atoms. The minimum absolute atomic E-state index is 0.251. The van der Waals surface area contributed by atoms with E-state index in [0.717, 1.165) is 26.2 Å². The van der Waals surface area contributed by atoms with Crippen molar-refractivity contribution in [3.63, 3.8) is 0 Å². The van der Waals surface area contributed by atoms with Gasteiger partial charge in [0.05, 0.1) is 6.04 Å². The van der Waals surface area contributed by atoms with Gasteiger partial charge in [0.15, 0.2) is 0 Å². The molecule has 1 heterocycles. The Morgan fingerprint density at radius 3 is 2.36 bits per heavy atom. The van der Waals surface area contributed by atoms with Gasteiger partial charge in [-0.1, -0.05) is 18.2 Å². The third kappa shape index (κ3) is 4.21. The molecule has 0 aliphatic carbocycles. The van der Waals surface area contributed by atoms with Crippen molar-refractivity contribution in [2.75, 3.05) is 37.6 Å². The molecule has 6 nitrogen and oxygen atoms in total. The number of nitrogens with one attached hydrogen (secondary N) is 2. The molecular formula is C16H24N4O2. The van der Waals surface area contributed by atoms with Crippen LogP contribution in [0.15, 0.2) is 30.3 Å². The second-order valence-corrected chi connectivity index (χ2v) is 5.38. The predicted octanol–water partition coefficient (Wildman–Crippen LogP) is 1.04. The van der Waals surface area contributed by atoms with Crippen molar-refractivity contribution in [3.8, 4) is 0 Å². The molecule has 1 aromatic rings. The first-order valence-electron chi connectivity index (χ1n) is 7.74. The monoisotopic (exact) mass is 304 g/mol. The number of nitrogens with zero attached hydrogens (tertiary/aromatic N) is 2. The molecule has 2 N–H and O–H groups in total. The lowest BCUT2D eigenvalue weighted by molar-refractivity contribution is -0.124. The zero-order valence-electron chi connectivity index (χ0n) is 13.2. The van der Waals surface area contributed by atoms with E-state index in [0.29, 0.717) is 6.54 Å². The molecule has 0 aromatic heterocycles. The Hall–Kier alpha value is -2.08. The Morgan fingerprint density at radius 1 is 1.14 bits per heavy atom. The van der Waals surface area contributed by atoms with Crippen molar-refractivity contribution in [1.29, 1.82) is 0 Å². The highest BCUT2D eigenvalue weighted by Crippen LogP contribution is 2.16. The summed E-state index contributed by atoms with van der Waals surface area (Å²) in [4.78, 5) is 27.9. The standard InChI is InChI=1S/C16H24N4O2/c1-3-17-16(22)18-15(21)13(2)19-9-11-20(12-10-19)14-7-5-4-6-8-14/h4-8,13H,3,9-12H2,1-2H3,(H2,17,18,21,22). The highest BCUT2D eigenvalue weighted by Gasteiger charge is 2.26. The van der Waals surface area contributed by atoms with Crippen LogP contribution in [0, 0.1) is 0 Å². The molecule has 1 aromatic carbocycles. The van der Waals surface area contributed by atoms with E-state index in [1.165, 1.54) is 5.69 Å². The number of anilines is 1. The van der Waals surface area contributed by atoms with Crippen molar-refractivity contribution >= 4 is 17.6 Å². The largest absolute Gasteiger partial charge is 0.369 e. The number of rotatable bonds is 4. The van der Waals surface area contributed by atoms with Gasteiger partial charge in [-0.2, -0.15) is 0 Å². The maximum Gasteiger partial charge on any atom is 0.321 e. The Kier molecular flexibility index (Phi) is 5.77. The van der Waals surface area contributed by atoms with Crippen LogP contribution in [0.4, 0.5) is 10.5 Å². The molecule has 1 aliphatic heterocycles. The molecule has 1 unspecified atom stereocenters. The molecule has 1 atom stereocenters. The normalized spacial score (nSPS) is 16.9. The lowest BCUT2D eigenvalue weighted by Gasteiger charge is -2.38. The number of carbonyl (C=O) groups is 2. The van der Waals surface area contributed by atoms with Crippen molar-refractivity contribution < 1.29 is 9.59 Å². The summed E-state index contributed by atoms with van der Waals surface area (Å²) in [5, 5.41) is 4.94. The molecule has 1 fully saturated rings. The lowest BCUT2D eigenvalue weighted by atomic mass is 10.2. The molecule has 2 rings (SSSR count). The fraction of sp³-hybridized carbons (Fsp3) is 0.500. The van der Waals surface area contributed by atoms with Crippen molar-refractivity contribution in [1.82, 2.24) is 15.5 Å². The van der Waals surface area contributed by atoms with Crippen LogP contribution in [-0.2, 0) is 4.79 Å². The first-order chi connectivity index (χ1) is 10.6. The second kappa shape index (κ2) is 7.79. The van der Waals surface area contributed by atoms with E-state index in [-0.39, 0.29) is 11.9 Å². The number of para-hydroxylation sites is 1. The molecule has 1 aliphatic rings. The molecule has 22 heavy (non-hydrogen) atoms. The fourth-order valence-electron chi connectivity index (χ4n) is 2.59. The van der Waals surface area contributed by atoms with Crippen molar-refractivity contribution in [2.24, 2.45) is 0 Å². The molecule has 0 saturated carbocycles. The van der Waals surface area contributed by atoms with E-state index in [1.54, 1.807) is 0 Å². The number of amides is 3. The van der Waals surface area contributed by atoms with Gasteiger partial charge in [-0.15, -0.1) is 0 Å². The van der Waals surface area contributed by atoms with Gasteiger partial charge in [-0.05, 0) is 26.0 Å². The molecule has 3 amide bonds. The highest BCUT2D eigenvalue weighted by atomic mass is 16.2. The van der Waals surface area contributed by atoms with Crippen LogP contribution < -0.4 is 15.5 Å². The summed E-state index contributed by atoms with van der Waals surface area (Å²) in [7, 11) is 0. The van der Waals surface area contributed by atoms with Crippen LogP contribution in [0.25, 0.3) is 0 Å². The van der Waals surface area contributed by atoms with Gasteiger partial charge < -0.3 is 10.2 Å². The lowest BCUT2D eigenvalue weighted by Crippen LogP contribution is -2.55. The molecular weight excluding hydrogens is 280 g/mol. The van der Waals surface area contributed by atoms with Gasteiger partial charge >= 0.3 is 6.03 Å². The summed E-state index contributed by atoms with van der Waals surface area (Å²) in [6.45, 7) is 7.52. The van der Waals surface area contributed by atoms with Crippen molar-refractivity contribution in [2.45, 2.75) is 19.9 Å². The number of benzene rings is 1. The third-order valence-corrected chi connectivity index (χ3v) is 3.94. The topological polar surface area (TPSA) is 64.7 Å². The Morgan fingerprint density at radius 2 is 1.77 bits per heavy atom. The predicted molar refractivity (Wildman–Crippen MR) is 86.9 cm³/mol. The quantitative estimate of drug-likeness (QED) is 0.872. The minimum Gasteiger partial charge on any atom is -0.369 e. The van der Waals surface area contributed by atoms with E-state index in [2.05, 4.69) is 32.6 Å². The molecule has 0 radical (unpaired) electrons. The first kappa shape index (κ1) is 16.3. The summed E-state index contributed by atoms with van der Waals surface area (Å²) in [6, 6.07) is 9.53. The maximum absolute atomic E-state index is 12.1. The van der Waals surface area contributed by atoms with E-state index >= 15 is 0 Å². The summed E-state index contributed by atoms with van der Waals surface area (Å²) in [5.74, 6) is -0.251. The summed E-state index contributed by atoms with van der Waals surface area (Å²) < 4.78 is 0. The van der Waals surface area contributed by atoms with Crippen LogP contribution in [0.3, 0.4) is 0 Å². The first-order valence-corrected chi connectivity index (χ1v) is 7.74. The van der Waals surface area contributed by atoms with E-state index < -0.39 is 6.03 Å². The van der Waals surface area contributed by atoms with Gasteiger partial charge in [-0.25, -0.2) is 4.79 Å². The van der Waals surface area contributed by atoms with Gasteiger partial charge in [0.2, 0.25) is 5.91 Å². The maximum atomic E-state index is 12.1. The zero-order chi connectivity index (χ0) is 15.9. The van der Waals surface area contributed by atoms with Crippen molar-refractivity contribution in [3.05, 3.63) is 30.3 Å². The Labute approximate surface area is 131 Å². The Bertz CT molecular complexity index is 498. The van der Waals surface area contributed by atoms with Gasteiger partial charge in [0, 0.05) is 38.4 Å². The van der Waals surface area contributed by atoms with E-state index in [4.69, 9.17) is 0 Å². The molecule has 120 valence electrons. The van der Waals surface area contributed by atoms with Crippen LogP contribution in [0.1, 0.15) is 13.8 Å². The SMILES string of the molecule is CCNC(=O)NC(=O)C(C)N1CCN(c2ccccc2)CC1. The fourth-order valence-corrected chi connectivity index (χ4v) is 2.59. The van der Waals surface area contributed by atoms with Crippen LogP contribution >= 0.6 is 0 Å². The average molecular weight is 304 g/mol. The Balaban J connectivity index is 1.83. The second-order valence-electron chi connectivity index (χ2n) is 5.38. The zero-order valence-corrected chi connectivity index (χ0v) is 13.2. The van der Waals surface area contributed by atoms with Crippen LogP contribution in [0.2, 0.25) is 0 Å². The van der Waals surface area contributed by atoms with Gasteiger partial charge in [0.25, 0.3) is 0 Å². The molecule has 1 saturated heterocycles. The number of urea groups is 1. The minimum atomic E-state index is -0.428. The highest BCUT2D eigenvalue weighted by molar-refractivity contribution is 5.96. The number of piperazine rings is 1. The molecule has 6 heteroatoms. The molecule has 0 spiro atoms. The number of hydrogen-bond acceptors (Lipinski definition) is 4. The van der Waals surface area contributed by atoms with Gasteiger partial charge in [-0.3, -0.25) is 15.0 Å². The van der Waals surface area contributed by atoms with Crippen LogP contribution in [-0.4, -0.2) is 55.6 Å². The summed E-state index contributed by atoms with van der Waals surface area (Å²) in [6.07, 6.45) is 0. The smallest absolute Gasteiger partial charge is 0.321 e. The van der Waals surface area contributed by atoms with Gasteiger partial charge in [0.1, 0.15) is 0 Å². The number of imide groups is 1.